The van der Waals surface area contributed by atoms with Gasteiger partial charge in [-0.3, -0.25) is 24.3 Å². The molecule has 0 aromatic carbocycles. The Morgan fingerprint density at radius 1 is 1.14 bits per heavy atom. The number of H-pyrrole nitrogens is 1. The highest BCUT2D eigenvalue weighted by Gasteiger charge is 2.46. The van der Waals surface area contributed by atoms with Gasteiger partial charge >= 0.3 is 0 Å². The largest absolute Gasteiger partial charge is 0.394 e. The number of aromatic nitrogens is 3. The van der Waals surface area contributed by atoms with Gasteiger partial charge in [-0.2, -0.15) is 5.10 Å². The number of nitrogens with zero attached hydrogens (tertiary/aromatic N) is 3. The Morgan fingerprint density at radius 3 is 2.36 bits per heavy atom. The highest BCUT2D eigenvalue weighted by Crippen LogP contribution is 2.23. The lowest BCUT2D eigenvalue weighted by molar-refractivity contribution is 0.00469. The third-order valence-electron chi connectivity index (χ3n) is 4.25. The van der Waals surface area contributed by atoms with Gasteiger partial charge in [-0.25, -0.2) is 4.98 Å². The summed E-state index contributed by atoms with van der Waals surface area (Å²) in [5.41, 5.74) is 9.04. The van der Waals surface area contributed by atoms with Crippen molar-refractivity contribution in [1.82, 2.24) is 25.4 Å². The number of likely N-dealkylation sites (tertiary alicyclic amines) is 1. The third-order valence-corrected chi connectivity index (χ3v) is 4.25. The molecule has 1 fully saturated rings. The van der Waals surface area contributed by atoms with Crippen LogP contribution in [-0.4, -0.2) is 74.1 Å². The molecule has 0 bridgehead atoms. The average Bonchev–Trinajstić information content (AvgIpc) is 3.14. The number of hydrogen-bond acceptors (Lipinski definition) is 7. The smallest absolute Gasteiger partial charge is 0.272 e. The number of primary amides is 2. The zero-order chi connectivity index (χ0) is 20.5. The quantitative estimate of drug-likeness (QED) is 0.364. The summed E-state index contributed by atoms with van der Waals surface area (Å²) < 4.78 is 0. The summed E-state index contributed by atoms with van der Waals surface area (Å²) in [6.45, 7) is -0.378. The predicted octanol–water partition coefficient (Wildman–Crippen LogP) is -2.38. The Labute approximate surface area is 157 Å². The van der Waals surface area contributed by atoms with Gasteiger partial charge in [-0.1, -0.05) is 6.07 Å². The Morgan fingerprint density at radius 2 is 1.79 bits per heavy atom. The normalized spacial score (nSPS) is 14.8. The molecule has 0 atom stereocenters. The number of rotatable bonds is 6. The van der Waals surface area contributed by atoms with E-state index in [0.29, 0.717) is 0 Å². The zero-order valence-electron chi connectivity index (χ0n) is 14.5. The highest BCUT2D eigenvalue weighted by atomic mass is 16.3. The van der Waals surface area contributed by atoms with Crippen molar-refractivity contribution in [2.75, 3.05) is 19.7 Å². The van der Waals surface area contributed by atoms with Crippen LogP contribution in [0.15, 0.2) is 24.3 Å². The van der Waals surface area contributed by atoms with Crippen LogP contribution in [0.5, 0.6) is 0 Å². The molecule has 0 aliphatic carbocycles. The fourth-order valence-electron chi connectivity index (χ4n) is 2.78. The molecule has 4 amide bonds. The van der Waals surface area contributed by atoms with Gasteiger partial charge in [0.1, 0.15) is 17.1 Å². The van der Waals surface area contributed by atoms with E-state index in [1.54, 1.807) is 0 Å². The molecule has 7 N–H and O–H groups in total. The highest BCUT2D eigenvalue weighted by molar-refractivity contribution is 5.98. The second kappa shape index (κ2) is 7.08. The second-order valence-electron chi connectivity index (χ2n) is 6.36. The molecule has 28 heavy (non-hydrogen) atoms. The van der Waals surface area contributed by atoms with Gasteiger partial charge in [-0.15, -0.1) is 0 Å². The van der Waals surface area contributed by atoms with Crippen molar-refractivity contribution >= 4 is 23.6 Å². The van der Waals surface area contributed by atoms with E-state index >= 15 is 0 Å². The first-order valence-corrected chi connectivity index (χ1v) is 8.09. The van der Waals surface area contributed by atoms with Crippen molar-refractivity contribution < 1.29 is 24.3 Å². The molecule has 12 heteroatoms. The SMILES string of the molecule is NC(=O)c1cc(C(=O)N2CC(CO)(NC(=O)c3cccc(C(N)=O)n3)C2)[nH]n1. The number of carbonyl (C=O) groups excluding carboxylic acids is 4. The van der Waals surface area contributed by atoms with Gasteiger partial charge in [0.15, 0.2) is 5.69 Å². The van der Waals surface area contributed by atoms with E-state index in [0.717, 1.165) is 0 Å². The summed E-state index contributed by atoms with van der Waals surface area (Å²) in [4.78, 5) is 52.3. The summed E-state index contributed by atoms with van der Waals surface area (Å²) in [6, 6.07) is 5.44. The molecule has 0 spiro atoms. The average molecular weight is 387 g/mol. The summed E-state index contributed by atoms with van der Waals surface area (Å²) in [5, 5.41) is 18.4. The van der Waals surface area contributed by atoms with Crippen molar-refractivity contribution in [2.24, 2.45) is 11.5 Å². The first-order chi connectivity index (χ1) is 13.2. The van der Waals surface area contributed by atoms with Gasteiger partial charge < -0.3 is 26.8 Å². The number of aliphatic hydroxyl groups excluding tert-OH is 1. The molecule has 1 saturated heterocycles. The molecular weight excluding hydrogens is 370 g/mol. The topological polar surface area (TPSA) is 197 Å². The predicted molar refractivity (Wildman–Crippen MR) is 93.0 cm³/mol. The number of nitrogens with two attached hydrogens (primary N) is 2. The molecule has 146 valence electrons. The molecule has 0 radical (unpaired) electrons. The van der Waals surface area contributed by atoms with E-state index < -0.39 is 35.8 Å². The minimum absolute atomic E-state index is 0.0223. The summed E-state index contributed by atoms with van der Waals surface area (Å²) in [7, 11) is 0. The molecule has 0 unspecified atom stereocenters. The van der Waals surface area contributed by atoms with Gasteiger partial charge in [0.25, 0.3) is 23.6 Å². The van der Waals surface area contributed by atoms with Crippen molar-refractivity contribution in [3.05, 3.63) is 47.0 Å². The van der Waals surface area contributed by atoms with E-state index in [2.05, 4.69) is 20.5 Å². The van der Waals surface area contributed by atoms with Gasteiger partial charge in [0, 0.05) is 19.2 Å². The van der Waals surface area contributed by atoms with Crippen LogP contribution in [0.2, 0.25) is 0 Å². The number of carbonyl (C=O) groups is 4. The van der Waals surface area contributed by atoms with E-state index in [1.165, 1.54) is 29.2 Å². The maximum Gasteiger partial charge on any atom is 0.272 e. The third kappa shape index (κ3) is 3.53. The minimum Gasteiger partial charge on any atom is -0.394 e. The van der Waals surface area contributed by atoms with Crippen molar-refractivity contribution in [2.45, 2.75) is 5.54 Å². The maximum absolute atomic E-state index is 12.4. The first kappa shape index (κ1) is 19.0. The number of aliphatic hydroxyl groups is 1. The Hall–Kier alpha value is -3.80. The Kier molecular flexibility index (Phi) is 4.79. The number of aromatic amines is 1. The number of amides is 4. The number of hydrogen-bond donors (Lipinski definition) is 5. The number of pyridine rings is 1. The van der Waals surface area contributed by atoms with Crippen LogP contribution >= 0.6 is 0 Å². The number of nitrogens with one attached hydrogen (secondary N) is 2. The van der Waals surface area contributed by atoms with Crippen LogP contribution in [0.4, 0.5) is 0 Å². The summed E-state index contributed by atoms with van der Waals surface area (Å²) >= 11 is 0. The van der Waals surface area contributed by atoms with Crippen molar-refractivity contribution in [3.8, 4) is 0 Å². The van der Waals surface area contributed by atoms with Gasteiger partial charge in [0.05, 0.1) is 12.1 Å². The van der Waals surface area contributed by atoms with E-state index in [1.807, 2.05) is 0 Å². The summed E-state index contributed by atoms with van der Waals surface area (Å²) in [6.07, 6.45) is 0. The van der Waals surface area contributed by atoms with Crippen LogP contribution in [0.25, 0.3) is 0 Å². The Bertz CT molecular complexity index is 964. The van der Waals surface area contributed by atoms with E-state index in [4.69, 9.17) is 11.5 Å². The fourth-order valence-corrected chi connectivity index (χ4v) is 2.78. The van der Waals surface area contributed by atoms with Crippen molar-refractivity contribution in [1.29, 1.82) is 0 Å². The molecular formula is C16H17N7O5. The van der Waals surface area contributed by atoms with Crippen molar-refractivity contribution in [3.63, 3.8) is 0 Å². The summed E-state index contributed by atoms with van der Waals surface area (Å²) in [5.74, 6) is -2.64. The van der Waals surface area contributed by atoms with Crippen LogP contribution in [-0.2, 0) is 0 Å². The first-order valence-electron chi connectivity index (χ1n) is 8.09. The van der Waals surface area contributed by atoms with Gasteiger partial charge in [-0.05, 0) is 12.1 Å². The lowest BCUT2D eigenvalue weighted by Gasteiger charge is -2.49. The Balaban J connectivity index is 1.67. The minimum atomic E-state index is -1.07. The molecule has 3 heterocycles. The zero-order valence-corrected chi connectivity index (χ0v) is 14.5. The molecule has 0 saturated carbocycles. The van der Waals surface area contributed by atoms with Crippen LogP contribution in [0.3, 0.4) is 0 Å². The fraction of sp³-hybridized carbons (Fsp3) is 0.250. The van der Waals surface area contributed by atoms with E-state index in [-0.39, 0.29) is 35.9 Å². The molecule has 12 nitrogen and oxygen atoms in total. The van der Waals surface area contributed by atoms with E-state index in [9.17, 15) is 24.3 Å². The van der Waals surface area contributed by atoms with Crippen LogP contribution < -0.4 is 16.8 Å². The molecule has 2 aromatic rings. The standard InChI is InChI=1S/C16H17N7O5/c17-12(25)8-2-1-3-9(19-8)14(27)20-16(7-24)5-23(6-16)15(28)11-4-10(13(18)26)21-22-11/h1-4,24H,5-7H2,(H2,17,25)(H2,18,26)(H,20,27)(H,21,22). The molecule has 2 aromatic heterocycles. The molecule has 3 rings (SSSR count). The van der Waals surface area contributed by atoms with Crippen LogP contribution in [0, 0.1) is 0 Å². The molecule has 1 aliphatic heterocycles. The molecule has 1 aliphatic rings. The van der Waals surface area contributed by atoms with Gasteiger partial charge in [0.2, 0.25) is 0 Å². The maximum atomic E-state index is 12.4. The lowest BCUT2D eigenvalue weighted by Crippen LogP contribution is -2.73. The lowest BCUT2D eigenvalue weighted by atomic mass is 9.90. The second-order valence-corrected chi connectivity index (χ2v) is 6.36. The monoisotopic (exact) mass is 387 g/mol. The van der Waals surface area contributed by atoms with Crippen LogP contribution in [0.1, 0.15) is 42.0 Å².